The zero-order chi connectivity index (χ0) is 42.5. The van der Waals surface area contributed by atoms with Crippen LogP contribution in [0.5, 0.6) is 11.5 Å². The van der Waals surface area contributed by atoms with E-state index in [-0.39, 0.29) is 22.0 Å². The van der Waals surface area contributed by atoms with Gasteiger partial charge in [0.1, 0.15) is 36.9 Å². The minimum Gasteiger partial charge on any atom is -0.491 e. The van der Waals surface area contributed by atoms with Crippen molar-refractivity contribution in [3.63, 3.8) is 0 Å². The van der Waals surface area contributed by atoms with Gasteiger partial charge < -0.3 is 18.9 Å². The first kappa shape index (κ1) is 40.7. The minimum absolute atomic E-state index is 0.0942. The first-order valence-electron chi connectivity index (χ1n) is 20.1. The number of benzene rings is 8. The number of anilines is 3. The maximum Gasteiger partial charge on any atom is 0.268 e. The summed E-state index contributed by atoms with van der Waals surface area (Å²) in [6.45, 7) is 2.24. The average Bonchev–Trinajstić information content (AvgIpc) is 4.25. The molecule has 0 aliphatic carbocycles. The van der Waals surface area contributed by atoms with E-state index in [1.807, 2.05) is 109 Å². The second-order valence-electron chi connectivity index (χ2n) is 14.8. The lowest BCUT2D eigenvalue weighted by molar-refractivity contribution is 0.262. The van der Waals surface area contributed by atoms with Crippen LogP contribution in [0.25, 0.3) is 32.7 Å². The van der Waals surface area contributed by atoms with Crippen molar-refractivity contribution in [2.45, 2.75) is 22.0 Å². The summed E-state index contributed by atoms with van der Waals surface area (Å²) in [4.78, 5) is 0.362. The van der Waals surface area contributed by atoms with Crippen LogP contribution in [0.4, 0.5) is 17.1 Å². The van der Waals surface area contributed by atoms with Gasteiger partial charge in [0.2, 0.25) is 0 Å². The lowest BCUT2D eigenvalue weighted by Gasteiger charge is -2.26. The van der Waals surface area contributed by atoms with E-state index in [1.165, 1.54) is 4.31 Å². The molecule has 8 aromatic carbocycles. The number of epoxide rings is 2. The van der Waals surface area contributed by atoms with Gasteiger partial charge in [0.05, 0.1) is 34.4 Å². The Kier molecular flexibility index (Phi) is 11.6. The fourth-order valence-corrected chi connectivity index (χ4v) is 9.92. The fraction of sp³-hybridized carbons (Fsp3) is 0.120. The lowest BCUT2D eigenvalue weighted by Crippen LogP contribution is -2.26. The molecule has 8 aromatic rings. The molecular weight excluding hydrogens is 821 g/mol. The van der Waals surface area contributed by atoms with Crippen molar-refractivity contribution in [2.75, 3.05) is 35.5 Å². The van der Waals surface area contributed by atoms with Crippen molar-refractivity contribution in [1.29, 1.82) is 0 Å². The van der Waals surface area contributed by atoms with Gasteiger partial charge in [-0.3, -0.25) is 4.72 Å². The molecule has 0 aromatic heterocycles. The van der Waals surface area contributed by atoms with Gasteiger partial charge in [-0.1, -0.05) is 121 Å². The van der Waals surface area contributed by atoms with Crippen LogP contribution >= 0.6 is 0 Å². The molecule has 2 heterocycles. The molecule has 2 aliphatic rings. The molecule has 2 fully saturated rings. The standard InChI is InChI=1S/2C25H21NO4S/c27-31(28,23-13-7-12-21(16-23)29-17-22-18-30-22)26(20-10-2-1-3-11-20)25-15-6-9-19-8-4-5-14-24(19)25;27-31(28,26-19-9-2-1-3-10-19)25-14-13-20(29-16-21-17-30-21)15-24(25)23-12-6-8-18-7-4-5-11-22(18)23/h1-16,22H,17-18H2;1-15,21,26H,16-17H2. The average molecular weight is 863 g/mol. The topological polar surface area (TPSA) is 127 Å². The molecular formula is C50H42N2O8S2. The maximum absolute atomic E-state index is 13.9. The Morgan fingerprint density at radius 1 is 0.532 bits per heavy atom. The highest BCUT2D eigenvalue weighted by atomic mass is 32.2. The van der Waals surface area contributed by atoms with Crippen molar-refractivity contribution >= 4 is 58.7 Å². The van der Waals surface area contributed by atoms with Gasteiger partial charge in [0.15, 0.2) is 0 Å². The van der Waals surface area contributed by atoms with Crippen LogP contribution in [0.2, 0.25) is 0 Å². The summed E-state index contributed by atoms with van der Waals surface area (Å²) < 4.78 is 80.6. The minimum atomic E-state index is -3.92. The van der Waals surface area contributed by atoms with Gasteiger partial charge >= 0.3 is 0 Å². The van der Waals surface area contributed by atoms with Crippen molar-refractivity contribution in [3.05, 3.63) is 188 Å². The van der Waals surface area contributed by atoms with Crippen LogP contribution in [0.15, 0.2) is 198 Å². The van der Waals surface area contributed by atoms with E-state index in [2.05, 4.69) is 4.72 Å². The van der Waals surface area contributed by atoms with Gasteiger partial charge in [-0.2, -0.15) is 0 Å². The zero-order valence-electron chi connectivity index (χ0n) is 33.4. The predicted octanol–water partition coefficient (Wildman–Crippen LogP) is 10.2. The number of fused-ring (bicyclic) bond motifs is 2. The summed E-state index contributed by atoms with van der Waals surface area (Å²) in [5, 5.41) is 3.84. The molecule has 1 N–H and O–H groups in total. The van der Waals surface area contributed by atoms with E-state index < -0.39 is 20.0 Å². The molecule has 2 aliphatic heterocycles. The second kappa shape index (κ2) is 17.7. The normalized spacial score (nSPS) is 15.5. The third-order valence-corrected chi connectivity index (χ3v) is 13.5. The Morgan fingerprint density at radius 3 is 1.76 bits per heavy atom. The summed E-state index contributed by atoms with van der Waals surface area (Å²) in [5.41, 5.74) is 3.10. The first-order chi connectivity index (χ1) is 30.2. The molecule has 2 saturated heterocycles. The van der Waals surface area contributed by atoms with Crippen molar-refractivity contribution < 1.29 is 35.8 Å². The summed E-state index contributed by atoms with van der Waals surface area (Å²) in [5.74, 6) is 1.11. The Balaban J connectivity index is 0.000000158. The van der Waals surface area contributed by atoms with Crippen LogP contribution < -0.4 is 18.5 Å². The van der Waals surface area contributed by atoms with Gasteiger partial charge in [-0.05, 0) is 82.4 Å². The fourth-order valence-electron chi connectivity index (χ4n) is 7.11. The summed E-state index contributed by atoms with van der Waals surface area (Å²) in [6, 6.07) is 57.0. The van der Waals surface area contributed by atoms with Gasteiger partial charge in [-0.25, -0.2) is 21.1 Å². The molecule has 12 heteroatoms. The van der Waals surface area contributed by atoms with E-state index >= 15 is 0 Å². The Labute approximate surface area is 361 Å². The molecule has 0 amide bonds. The van der Waals surface area contributed by atoms with Crippen molar-refractivity contribution in [2.24, 2.45) is 0 Å². The van der Waals surface area contributed by atoms with Gasteiger partial charge in [0, 0.05) is 22.7 Å². The van der Waals surface area contributed by atoms with E-state index in [1.54, 1.807) is 78.9 Å². The SMILES string of the molecule is O=S(=O)(Nc1ccccc1)c1ccc(OCC2CO2)cc1-c1cccc2ccccc12.O=S(=O)(c1cccc(OCC2CO2)c1)N(c1ccccc1)c1cccc2ccccc12. The van der Waals surface area contributed by atoms with E-state index in [9.17, 15) is 16.8 Å². The van der Waals surface area contributed by atoms with E-state index in [4.69, 9.17) is 18.9 Å². The van der Waals surface area contributed by atoms with Crippen LogP contribution in [0.3, 0.4) is 0 Å². The number of hydrogen-bond acceptors (Lipinski definition) is 8. The number of para-hydroxylation sites is 2. The molecule has 0 radical (unpaired) electrons. The molecule has 62 heavy (non-hydrogen) atoms. The zero-order valence-corrected chi connectivity index (χ0v) is 35.0. The third-order valence-electron chi connectivity index (χ3n) is 10.3. The van der Waals surface area contributed by atoms with Crippen LogP contribution in [-0.4, -0.2) is 55.5 Å². The number of sulfonamides is 2. The molecule has 10 nitrogen and oxygen atoms in total. The Bertz CT molecular complexity index is 3060. The van der Waals surface area contributed by atoms with Crippen LogP contribution in [0.1, 0.15) is 0 Å². The molecule has 2 unspecified atom stereocenters. The highest BCUT2D eigenvalue weighted by molar-refractivity contribution is 7.93. The second-order valence-corrected chi connectivity index (χ2v) is 18.2. The van der Waals surface area contributed by atoms with E-state index in [0.29, 0.717) is 60.6 Å². The summed E-state index contributed by atoms with van der Waals surface area (Å²) in [6.07, 6.45) is 0.209. The van der Waals surface area contributed by atoms with Gasteiger partial charge in [0.25, 0.3) is 20.0 Å². The Hall–Kier alpha value is -6.70. The highest BCUT2D eigenvalue weighted by Crippen LogP contribution is 2.39. The van der Waals surface area contributed by atoms with Crippen LogP contribution in [0, 0.1) is 0 Å². The predicted molar refractivity (Wildman–Crippen MR) is 243 cm³/mol. The van der Waals surface area contributed by atoms with Crippen LogP contribution in [-0.2, 0) is 29.5 Å². The maximum atomic E-state index is 13.9. The number of hydrogen-bond donors (Lipinski definition) is 1. The van der Waals surface area contributed by atoms with Crippen molar-refractivity contribution in [1.82, 2.24) is 0 Å². The molecule has 10 rings (SSSR count). The molecule has 0 bridgehead atoms. The number of ether oxygens (including phenoxy) is 4. The largest absolute Gasteiger partial charge is 0.491 e. The smallest absolute Gasteiger partial charge is 0.268 e. The summed E-state index contributed by atoms with van der Waals surface area (Å²) in [7, 11) is -7.75. The monoisotopic (exact) mass is 862 g/mol. The van der Waals surface area contributed by atoms with E-state index in [0.717, 1.165) is 27.1 Å². The molecule has 2 atom stereocenters. The third kappa shape index (κ3) is 9.29. The Morgan fingerprint density at radius 2 is 1.08 bits per heavy atom. The summed E-state index contributed by atoms with van der Waals surface area (Å²) >= 11 is 0. The lowest BCUT2D eigenvalue weighted by atomic mass is 9.98. The number of nitrogens with one attached hydrogen (secondary N) is 1. The first-order valence-corrected chi connectivity index (χ1v) is 23.0. The quantitative estimate of drug-likeness (QED) is 0.107. The molecule has 0 spiro atoms. The molecule has 0 saturated carbocycles. The van der Waals surface area contributed by atoms with Crippen molar-refractivity contribution in [3.8, 4) is 22.6 Å². The number of nitrogens with zero attached hydrogens (tertiary/aromatic N) is 1. The van der Waals surface area contributed by atoms with Gasteiger partial charge in [-0.15, -0.1) is 0 Å². The highest BCUT2D eigenvalue weighted by Gasteiger charge is 2.29. The number of rotatable bonds is 14. The molecule has 312 valence electrons.